The average molecular weight is 569 g/mol. The van der Waals surface area contributed by atoms with Gasteiger partial charge in [0.2, 0.25) is 5.95 Å². The summed E-state index contributed by atoms with van der Waals surface area (Å²) in [5.74, 6) is 2.69. The number of nitrogens with one attached hydrogen (secondary N) is 2. The Labute approximate surface area is 214 Å². The van der Waals surface area contributed by atoms with Crippen molar-refractivity contribution in [2.24, 2.45) is 4.99 Å². The van der Waals surface area contributed by atoms with Crippen molar-refractivity contribution in [3.63, 3.8) is 0 Å². The van der Waals surface area contributed by atoms with Gasteiger partial charge < -0.3 is 20.0 Å². The topological polar surface area (TPSA) is 85.1 Å². The number of halogens is 1. The van der Waals surface area contributed by atoms with Gasteiger partial charge in [-0.1, -0.05) is 6.42 Å². The first-order valence-electron chi connectivity index (χ1n) is 11.8. The van der Waals surface area contributed by atoms with Gasteiger partial charge in [0.15, 0.2) is 5.96 Å². The van der Waals surface area contributed by atoms with Gasteiger partial charge in [-0.25, -0.2) is 9.97 Å². The summed E-state index contributed by atoms with van der Waals surface area (Å²) < 4.78 is 5.75. The van der Waals surface area contributed by atoms with E-state index in [9.17, 15) is 0 Å². The molecule has 2 aliphatic rings. The number of aliphatic imine (C=N–C) groups is 1. The number of piperidine rings is 1. The van der Waals surface area contributed by atoms with Gasteiger partial charge in [0, 0.05) is 65.3 Å². The van der Waals surface area contributed by atoms with Crippen molar-refractivity contribution >= 4 is 35.9 Å². The molecular weight excluding hydrogens is 531 g/mol. The van der Waals surface area contributed by atoms with E-state index in [1.54, 1.807) is 18.7 Å². The number of hydrogen-bond donors (Lipinski definition) is 2. The highest BCUT2D eigenvalue weighted by Crippen LogP contribution is 2.24. The van der Waals surface area contributed by atoms with E-state index < -0.39 is 0 Å². The van der Waals surface area contributed by atoms with E-state index in [1.165, 1.54) is 19.3 Å². The van der Waals surface area contributed by atoms with Crippen LogP contribution >= 0.6 is 24.0 Å². The third kappa shape index (κ3) is 7.54. The predicted octanol–water partition coefficient (Wildman–Crippen LogP) is 2.20. The number of rotatable bonds is 8. The molecule has 9 nitrogen and oxygen atoms in total. The van der Waals surface area contributed by atoms with Gasteiger partial charge in [-0.15, -0.1) is 24.0 Å². The summed E-state index contributed by atoms with van der Waals surface area (Å²) in [7, 11) is 1.83. The molecule has 0 radical (unpaired) electrons. The van der Waals surface area contributed by atoms with Gasteiger partial charge in [-0.2, -0.15) is 0 Å². The minimum atomic E-state index is 0. The molecule has 4 rings (SSSR count). The molecule has 2 aromatic heterocycles. The van der Waals surface area contributed by atoms with Crippen LogP contribution in [0.4, 0.5) is 5.95 Å². The normalized spacial score (nSPS) is 19.1. The first kappa shape index (κ1) is 25.7. The molecule has 2 aliphatic heterocycles. The molecule has 1 atom stereocenters. The summed E-state index contributed by atoms with van der Waals surface area (Å²) >= 11 is 0. The van der Waals surface area contributed by atoms with Crippen LogP contribution in [-0.4, -0.2) is 91.7 Å². The van der Waals surface area contributed by atoms with E-state index in [-0.39, 0.29) is 30.0 Å². The first-order chi connectivity index (χ1) is 15.8. The predicted molar refractivity (Wildman–Crippen MR) is 142 cm³/mol. The SMILES string of the molecule is CN=C(NCCN1CCN(c2ncccn2)CC1)NCC(c1ccco1)N1CCCCC1.I. The summed E-state index contributed by atoms with van der Waals surface area (Å²) in [4.78, 5) is 20.4. The highest BCUT2D eigenvalue weighted by molar-refractivity contribution is 14.0. The number of aromatic nitrogens is 2. The second kappa shape index (κ2) is 13.7. The van der Waals surface area contributed by atoms with Gasteiger partial charge in [0.05, 0.1) is 12.3 Å². The third-order valence-electron chi connectivity index (χ3n) is 6.32. The smallest absolute Gasteiger partial charge is 0.225 e. The Bertz CT molecular complexity index is 805. The van der Waals surface area contributed by atoms with Crippen molar-refractivity contribution in [2.45, 2.75) is 25.3 Å². The van der Waals surface area contributed by atoms with Crippen LogP contribution in [-0.2, 0) is 0 Å². The number of anilines is 1. The van der Waals surface area contributed by atoms with Crippen LogP contribution in [0.1, 0.15) is 31.1 Å². The number of likely N-dealkylation sites (tertiary alicyclic amines) is 1. The van der Waals surface area contributed by atoms with E-state index in [2.05, 4.69) is 46.4 Å². The van der Waals surface area contributed by atoms with Crippen LogP contribution < -0.4 is 15.5 Å². The van der Waals surface area contributed by atoms with Crippen molar-refractivity contribution in [3.05, 3.63) is 42.6 Å². The van der Waals surface area contributed by atoms with Gasteiger partial charge in [-0.3, -0.25) is 14.8 Å². The van der Waals surface area contributed by atoms with Crippen molar-refractivity contribution in [1.29, 1.82) is 0 Å². The largest absolute Gasteiger partial charge is 0.468 e. The minimum Gasteiger partial charge on any atom is -0.468 e. The lowest BCUT2D eigenvalue weighted by Gasteiger charge is -2.35. The van der Waals surface area contributed by atoms with E-state index in [0.717, 1.165) is 76.6 Å². The molecule has 4 heterocycles. The molecule has 0 spiro atoms. The molecule has 0 aliphatic carbocycles. The molecule has 2 fully saturated rings. The molecular formula is C23H37IN8O. The molecule has 1 unspecified atom stereocenters. The molecule has 0 saturated carbocycles. The zero-order valence-electron chi connectivity index (χ0n) is 19.5. The maximum atomic E-state index is 5.75. The van der Waals surface area contributed by atoms with E-state index >= 15 is 0 Å². The lowest BCUT2D eigenvalue weighted by molar-refractivity contribution is 0.146. The van der Waals surface area contributed by atoms with E-state index in [4.69, 9.17) is 4.42 Å². The number of nitrogens with zero attached hydrogens (tertiary/aromatic N) is 6. The first-order valence-corrected chi connectivity index (χ1v) is 11.8. The van der Waals surface area contributed by atoms with E-state index in [0.29, 0.717) is 0 Å². The van der Waals surface area contributed by atoms with Gasteiger partial charge in [-0.05, 0) is 44.1 Å². The van der Waals surface area contributed by atoms with Crippen LogP contribution in [0.5, 0.6) is 0 Å². The molecule has 182 valence electrons. The molecule has 2 aromatic rings. The Morgan fingerprint density at radius 3 is 2.45 bits per heavy atom. The molecule has 2 saturated heterocycles. The van der Waals surface area contributed by atoms with Crippen LogP contribution in [0.2, 0.25) is 0 Å². The number of hydrogen-bond acceptors (Lipinski definition) is 7. The quantitative estimate of drug-likeness (QED) is 0.285. The molecule has 33 heavy (non-hydrogen) atoms. The van der Waals surface area contributed by atoms with Crippen LogP contribution in [0.25, 0.3) is 0 Å². The zero-order valence-corrected chi connectivity index (χ0v) is 21.9. The fourth-order valence-corrected chi connectivity index (χ4v) is 4.49. The van der Waals surface area contributed by atoms with Gasteiger partial charge in [0.25, 0.3) is 0 Å². The highest BCUT2D eigenvalue weighted by atomic mass is 127. The Balaban J connectivity index is 0.00000306. The zero-order chi connectivity index (χ0) is 22.0. The van der Waals surface area contributed by atoms with Gasteiger partial charge >= 0.3 is 0 Å². The maximum absolute atomic E-state index is 5.75. The Hall–Kier alpha value is -1.92. The van der Waals surface area contributed by atoms with Crippen molar-refractivity contribution in [2.75, 3.05) is 70.9 Å². The van der Waals surface area contributed by atoms with Crippen LogP contribution in [0.3, 0.4) is 0 Å². The van der Waals surface area contributed by atoms with Crippen molar-refractivity contribution in [1.82, 2.24) is 30.4 Å². The fraction of sp³-hybridized carbons (Fsp3) is 0.609. The summed E-state index contributed by atoms with van der Waals surface area (Å²) in [5, 5.41) is 6.99. The van der Waals surface area contributed by atoms with E-state index in [1.807, 2.05) is 19.2 Å². The second-order valence-corrected chi connectivity index (χ2v) is 8.39. The summed E-state index contributed by atoms with van der Waals surface area (Å²) in [6.07, 6.45) is 9.22. The highest BCUT2D eigenvalue weighted by Gasteiger charge is 2.24. The fourth-order valence-electron chi connectivity index (χ4n) is 4.49. The molecule has 0 amide bonds. The Morgan fingerprint density at radius 1 is 1.03 bits per heavy atom. The number of guanidine groups is 1. The van der Waals surface area contributed by atoms with Gasteiger partial charge in [0.1, 0.15) is 5.76 Å². The second-order valence-electron chi connectivity index (χ2n) is 8.39. The van der Waals surface area contributed by atoms with Crippen LogP contribution in [0, 0.1) is 0 Å². The minimum absolute atomic E-state index is 0. The summed E-state index contributed by atoms with van der Waals surface area (Å²) in [6, 6.07) is 6.15. The molecule has 0 bridgehead atoms. The molecule has 10 heteroatoms. The summed E-state index contributed by atoms with van der Waals surface area (Å²) in [5.41, 5.74) is 0. The Morgan fingerprint density at radius 2 is 1.79 bits per heavy atom. The average Bonchev–Trinajstić information content (AvgIpc) is 3.39. The standard InChI is InChI=1S/C23H36N8O.HI/c1-24-22(28-19-20(21-7-5-18-32-21)30-11-3-2-4-12-30)25-10-13-29-14-16-31(17-15-29)23-26-8-6-9-27-23;/h5-9,18,20H,2-4,10-17,19H2,1H3,(H2,24,25,28);1H. The lowest BCUT2D eigenvalue weighted by Crippen LogP contribution is -2.50. The third-order valence-corrected chi connectivity index (χ3v) is 6.32. The molecule has 0 aromatic carbocycles. The monoisotopic (exact) mass is 568 g/mol. The lowest BCUT2D eigenvalue weighted by atomic mass is 10.1. The Kier molecular flexibility index (Phi) is 10.7. The van der Waals surface area contributed by atoms with Crippen molar-refractivity contribution in [3.8, 4) is 0 Å². The molecule has 2 N–H and O–H groups in total. The summed E-state index contributed by atoms with van der Waals surface area (Å²) in [6.45, 7) is 8.81. The van der Waals surface area contributed by atoms with Crippen molar-refractivity contribution < 1.29 is 4.42 Å². The number of piperazine rings is 1. The van der Waals surface area contributed by atoms with Crippen LogP contribution in [0.15, 0.2) is 46.3 Å². The maximum Gasteiger partial charge on any atom is 0.225 e. The number of furan rings is 1.